The number of fused-ring (bicyclic) bond motifs is 1. The van der Waals surface area contributed by atoms with Gasteiger partial charge in [0.05, 0.1) is 12.2 Å². The second-order valence-electron chi connectivity index (χ2n) is 4.03. The predicted octanol–water partition coefficient (Wildman–Crippen LogP) is 1.99. The van der Waals surface area contributed by atoms with Crippen LogP contribution < -0.4 is 10.6 Å². The average Bonchev–Trinajstić information content (AvgIpc) is 2.48. The first-order valence-electron chi connectivity index (χ1n) is 5.72. The summed E-state index contributed by atoms with van der Waals surface area (Å²) in [6.45, 7) is 0.338. The molecule has 0 radical (unpaired) electrons. The van der Waals surface area contributed by atoms with Gasteiger partial charge in [-0.2, -0.15) is 0 Å². The number of nitrogens with zero attached hydrogens (tertiary/aromatic N) is 1. The molecule has 2 rings (SSSR count). The van der Waals surface area contributed by atoms with E-state index in [0.29, 0.717) is 6.54 Å². The molecule has 0 saturated heterocycles. The number of amides is 1. The molecule has 1 heterocycles. The van der Waals surface area contributed by atoms with Crippen LogP contribution in [0.4, 0.5) is 5.13 Å². The van der Waals surface area contributed by atoms with E-state index in [9.17, 15) is 4.79 Å². The molecule has 6 heteroatoms. The Balaban J connectivity index is 0.00000144. The number of rotatable bonds is 3. The number of carbonyl (C=O) groups is 1. The van der Waals surface area contributed by atoms with E-state index < -0.39 is 0 Å². The number of aryl methyl sites for hydroxylation is 2. The summed E-state index contributed by atoms with van der Waals surface area (Å²) in [6.07, 6.45) is 5.95. The molecule has 1 aliphatic carbocycles. The van der Waals surface area contributed by atoms with Gasteiger partial charge < -0.3 is 10.6 Å². The molecule has 1 amide bonds. The van der Waals surface area contributed by atoms with Crippen LogP contribution in [0.25, 0.3) is 0 Å². The van der Waals surface area contributed by atoms with Gasteiger partial charge in [0.25, 0.3) is 0 Å². The van der Waals surface area contributed by atoms with Crippen LogP contribution in [0, 0.1) is 0 Å². The Kier molecular flexibility index (Phi) is 5.88. The third-order valence-electron chi connectivity index (χ3n) is 2.68. The van der Waals surface area contributed by atoms with E-state index in [1.165, 1.54) is 29.8 Å². The van der Waals surface area contributed by atoms with Gasteiger partial charge in [-0.25, -0.2) is 4.98 Å². The largest absolute Gasteiger partial charge is 0.311 e. The van der Waals surface area contributed by atoms with E-state index >= 15 is 0 Å². The van der Waals surface area contributed by atoms with Crippen LogP contribution in [-0.4, -0.2) is 24.5 Å². The lowest BCUT2D eigenvalue weighted by atomic mass is 10.2. The highest BCUT2D eigenvalue weighted by Gasteiger charge is 2.14. The summed E-state index contributed by atoms with van der Waals surface area (Å²) < 4.78 is 0. The summed E-state index contributed by atoms with van der Waals surface area (Å²) in [7, 11) is 1.76. The van der Waals surface area contributed by atoms with Crippen LogP contribution in [0.1, 0.15) is 29.8 Å². The smallest absolute Gasteiger partial charge is 0.240 e. The van der Waals surface area contributed by atoms with Crippen molar-refractivity contribution in [2.45, 2.75) is 32.1 Å². The highest BCUT2D eigenvalue weighted by atomic mass is 35.5. The Morgan fingerprint density at radius 1 is 1.35 bits per heavy atom. The Labute approximate surface area is 112 Å². The Bertz CT molecular complexity index is 357. The number of nitrogens with one attached hydrogen (secondary N) is 2. The van der Waals surface area contributed by atoms with Crippen molar-refractivity contribution in [3.8, 4) is 0 Å². The van der Waals surface area contributed by atoms with Gasteiger partial charge in [0, 0.05) is 4.88 Å². The average molecular weight is 276 g/mol. The van der Waals surface area contributed by atoms with Crippen molar-refractivity contribution in [1.82, 2.24) is 10.3 Å². The van der Waals surface area contributed by atoms with Crippen LogP contribution in [0.5, 0.6) is 0 Å². The molecule has 0 atom stereocenters. The number of carbonyl (C=O) groups excluding carboxylic acids is 1. The molecule has 4 nitrogen and oxygen atoms in total. The summed E-state index contributed by atoms with van der Waals surface area (Å²) in [6, 6.07) is 0. The Morgan fingerprint density at radius 2 is 2.12 bits per heavy atom. The maximum Gasteiger partial charge on any atom is 0.240 e. The van der Waals surface area contributed by atoms with Crippen LogP contribution in [-0.2, 0) is 17.6 Å². The van der Waals surface area contributed by atoms with Crippen molar-refractivity contribution in [1.29, 1.82) is 0 Å². The highest BCUT2D eigenvalue weighted by molar-refractivity contribution is 7.15. The van der Waals surface area contributed by atoms with Gasteiger partial charge in [0.2, 0.25) is 5.91 Å². The fourth-order valence-electron chi connectivity index (χ4n) is 1.91. The van der Waals surface area contributed by atoms with Crippen LogP contribution in [0.2, 0.25) is 0 Å². The van der Waals surface area contributed by atoms with Gasteiger partial charge in [-0.3, -0.25) is 4.79 Å². The number of halogens is 1. The molecule has 0 aliphatic heterocycles. The molecule has 0 unspecified atom stereocenters. The second-order valence-corrected chi connectivity index (χ2v) is 5.11. The molecule has 0 aromatic carbocycles. The molecule has 0 saturated carbocycles. The molecule has 0 spiro atoms. The predicted molar refractivity (Wildman–Crippen MR) is 73.2 cm³/mol. The van der Waals surface area contributed by atoms with E-state index in [4.69, 9.17) is 0 Å². The first-order chi connectivity index (χ1) is 7.79. The van der Waals surface area contributed by atoms with Gasteiger partial charge in [-0.15, -0.1) is 23.7 Å². The molecule has 1 aromatic rings. The quantitative estimate of drug-likeness (QED) is 0.830. The minimum absolute atomic E-state index is 0. The van der Waals surface area contributed by atoms with Crippen LogP contribution in [0.3, 0.4) is 0 Å². The number of hydrogen-bond donors (Lipinski definition) is 2. The maximum absolute atomic E-state index is 11.4. The zero-order chi connectivity index (χ0) is 11.4. The molecule has 17 heavy (non-hydrogen) atoms. The zero-order valence-corrected chi connectivity index (χ0v) is 11.5. The fraction of sp³-hybridized carbons (Fsp3) is 0.636. The summed E-state index contributed by atoms with van der Waals surface area (Å²) in [5.41, 5.74) is 1.20. The van der Waals surface area contributed by atoms with Crippen LogP contribution >= 0.6 is 23.7 Å². The molecule has 0 bridgehead atoms. The first kappa shape index (κ1) is 14.4. The summed E-state index contributed by atoms with van der Waals surface area (Å²) in [5, 5.41) is 6.41. The maximum atomic E-state index is 11.4. The first-order valence-corrected chi connectivity index (χ1v) is 6.54. The molecular formula is C11H18ClN3OS. The molecule has 0 fully saturated rings. The van der Waals surface area contributed by atoms with E-state index in [2.05, 4.69) is 15.6 Å². The zero-order valence-electron chi connectivity index (χ0n) is 9.91. The normalized spacial score (nSPS) is 14.4. The fourth-order valence-corrected chi connectivity index (χ4v) is 2.97. The van der Waals surface area contributed by atoms with Crippen molar-refractivity contribution < 1.29 is 4.79 Å². The third kappa shape index (κ3) is 3.94. The Hall–Kier alpha value is -0.650. The van der Waals surface area contributed by atoms with Gasteiger partial charge >= 0.3 is 0 Å². The van der Waals surface area contributed by atoms with Crippen LogP contribution in [0.15, 0.2) is 0 Å². The number of aromatic nitrogens is 1. The second kappa shape index (κ2) is 6.93. The third-order valence-corrected chi connectivity index (χ3v) is 3.75. The SMILES string of the molecule is CNCC(=O)Nc1nc2c(s1)CCCCC2.Cl. The van der Waals surface area contributed by atoms with Gasteiger partial charge in [0.1, 0.15) is 0 Å². The monoisotopic (exact) mass is 275 g/mol. The van der Waals surface area contributed by atoms with Crippen molar-refractivity contribution in [2.24, 2.45) is 0 Å². The van der Waals surface area contributed by atoms with Crippen molar-refractivity contribution >= 4 is 34.8 Å². The van der Waals surface area contributed by atoms with Crippen molar-refractivity contribution in [3.63, 3.8) is 0 Å². The summed E-state index contributed by atoms with van der Waals surface area (Å²) in [4.78, 5) is 17.2. The highest BCUT2D eigenvalue weighted by Crippen LogP contribution is 2.28. The van der Waals surface area contributed by atoms with Crippen molar-refractivity contribution in [3.05, 3.63) is 10.6 Å². The van der Waals surface area contributed by atoms with Gasteiger partial charge in [-0.1, -0.05) is 6.42 Å². The molecule has 96 valence electrons. The molecule has 1 aromatic heterocycles. The van der Waals surface area contributed by atoms with E-state index in [0.717, 1.165) is 18.0 Å². The lowest BCUT2D eigenvalue weighted by molar-refractivity contribution is -0.115. The molecule has 2 N–H and O–H groups in total. The van der Waals surface area contributed by atoms with Crippen molar-refractivity contribution in [2.75, 3.05) is 18.9 Å². The van der Waals surface area contributed by atoms with E-state index in [-0.39, 0.29) is 18.3 Å². The lowest BCUT2D eigenvalue weighted by Crippen LogP contribution is -2.24. The van der Waals surface area contributed by atoms with Gasteiger partial charge in [0.15, 0.2) is 5.13 Å². The lowest BCUT2D eigenvalue weighted by Gasteiger charge is -1.99. The Morgan fingerprint density at radius 3 is 2.88 bits per heavy atom. The van der Waals surface area contributed by atoms with E-state index in [1.54, 1.807) is 18.4 Å². The molecule has 1 aliphatic rings. The van der Waals surface area contributed by atoms with E-state index in [1.807, 2.05) is 0 Å². The standard InChI is InChI=1S/C11H17N3OS.ClH/c1-12-7-10(15)14-11-13-8-5-3-2-4-6-9(8)16-11;/h12H,2-7H2,1H3,(H,13,14,15);1H. The van der Waals surface area contributed by atoms with Gasteiger partial charge in [-0.05, 0) is 32.7 Å². The summed E-state index contributed by atoms with van der Waals surface area (Å²) in [5.74, 6) is -0.0218. The number of likely N-dealkylation sites (N-methyl/N-ethyl adjacent to an activating group) is 1. The number of thiazole rings is 1. The summed E-state index contributed by atoms with van der Waals surface area (Å²) >= 11 is 1.63. The number of hydrogen-bond acceptors (Lipinski definition) is 4. The topological polar surface area (TPSA) is 54.0 Å². The minimum Gasteiger partial charge on any atom is -0.311 e. The molecular weight excluding hydrogens is 258 g/mol. The number of anilines is 1. The minimum atomic E-state index is -0.0218.